The topological polar surface area (TPSA) is 76.0 Å². The van der Waals surface area contributed by atoms with Crippen molar-refractivity contribution in [1.29, 1.82) is 0 Å². The van der Waals surface area contributed by atoms with Crippen LogP contribution in [0.2, 0.25) is 0 Å². The number of aryl methyl sites for hydroxylation is 1. The molecular weight excluding hydrogens is 286 g/mol. The number of fused-ring (bicyclic) bond motifs is 1. The Labute approximate surface area is 125 Å². The normalized spacial score (nSPS) is 10.7. The van der Waals surface area contributed by atoms with Crippen molar-refractivity contribution in [3.8, 4) is 0 Å². The van der Waals surface area contributed by atoms with Crippen molar-refractivity contribution in [1.82, 2.24) is 15.0 Å². The maximum Gasteiger partial charge on any atom is 0.336 e. The summed E-state index contributed by atoms with van der Waals surface area (Å²) in [5.74, 6) is -0.954. The van der Waals surface area contributed by atoms with Crippen LogP contribution in [0.4, 0.5) is 0 Å². The van der Waals surface area contributed by atoms with Crippen molar-refractivity contribution in [3.63, 3.8) is 0 Å². The average Bonchev–Trinajstić information content (AvgIpc) is 2.48. The highest BCUT2D eigenvalue weighted by Crippen LogP contribution is 2.26. The van der Waals surface area contributed by atoms with Gasteiger partial charge in [-0.3, -0.25) is 0 Å². The van der Waals surface area contributed by atoms with Crippen LogP contribution >= 0.6 is 11.8 Å². The van der Waals surface area contributed by atoms with Crippen LogP contribution in [0, 0.1) is 6.92 Å². The van der Waals surface area contributed by atoms with E-state index < -0.39 is 5.97 Å². The van der Waals surface area contributed by atoms with Gasteiger partial charge in [0.2, 0.25) is 0 Å². The number of hydrogen-bond acceptors (Lipinski definition) is 5. The zero-order valence-corrected chi connectivity index (χ0v) is 12.0. The minimum absolute atomic E-state index is 0.253. The zero-order valence-electron chi connectivity index (χ0n) is 11.1. The second kappa shape index (κ2) is 5.49. The molecule has 2 heterocycles. The molecule has 3 aromatic rings. The van der Waals surface area contributed by atoms with Crippen molar-refractivity contribution in [2.75, 3.05) is 0 Å². The molecule has 0 unspecified atom stereocenters. The molecule has 3 rings (SSSR count). The number of carbonyl (C=O) groups is 1. The van der Waals surface area contributed by atoms with E-state index in [0.29, 0.717) is 16.1 Å². The van der Waals surface area contributed by atoms with Gasteiger partial charge in [-0.15, -0.1) is 0 Å². The number of carboxylic acids is 1. The van der Waals surface area contributed by atoms with Crippen LogP contribution in [0.15, 0.2) is 52.9 Å². The molecule has 104 valence electrons. The number of aromatic carboxylic acids is 1. The minimum Gasteiger partial charge on any atom is -0.478 e. The highest BCUT2D eigenvalue weighted by Gasteiger charge is 2.10. The van der Waals surface area contributed by atoms with Gasteiger partial charge in [-0.1, -0.05) is 6.07 Å². The summed E-state index contributed by atoms with van der Waals surface area (Å²) in [4.78, 5) is 24.1. The number of benzene rings is 1. The average molecular weight is 297 g/mol. The Morgan fingerprint density at radius 2 is 1.90 bits per heavy atom. The molecule has 0 aliphatic carbocycles. The molecule has 21 heavy (non-hydrogen) atoms. The molecule has 6 heteroatoms. The summed E-state index contributed by atoms with van der Waals surface area (Å²) >= 11 is 1.34. The van der Waals surface area contributed by atoms with E-state index in [0.717, 1.165) is 10.6 Å². The maximum absolute atomic E-state index is 11.2. The van der Waals surface area contributed by atoms with E-state index in [1.165, 1.54) is 11.8 Å². The number of rotatable bonds is 3. The largest absolute Gasteiger partial charge is 0.478 e. The lowest BCUT2D eigenvalue weighted by atomic mass is 10.1. The van der Waals surface area contributed by atoms with Crippen LogP contribution in [0.3, 0.4) is 0 Å². The first-order valence-electron chi connectivity index (χ1n) is 6.23. The van der Waals surface area contributed by atoms with Crippen molar-refractivity contribution >= 4 is 28.6 Å². The lowest BCUT2D eigenvalue weighted by Crippen LogP contribution is -1.98. The molecule has 0 saturated carbocycles. The molecule has 0 aliphatic rings. The molecule has 0 saturated heterocycles. The van der Waals surface area contributed by atoms with Gasteiger partial charge in [0.25, 0.3) is 0 Å². The SMILES string of the molecule is Cc1cnc(Sc2ccc3c(C(=O)O)cccc3n2)nc1. The van der Waals surface area contributed by atoms with E-state index in [2.05, 4.69) is 15.0 Å². The molecule has 1 N–H and O–H groups in total. The molecule has 0 atom stereocenters. The molecule has 0 bridgehead atoms. The van der Waals surface area contributed by atoms with Gasteiger partial charge < -0.3 is 5.11 Å². The van der Waals surface area contributed by atoms with Crippen LogP contribution in [-0.4, -0.2) is 26.0 Å². The van der Waals surface area contributed by atoms with Crippen LogP contribution in [-0.2, 0) is 0 Å². The predicted molar refractivity (Wildman–Crippen MR) is 79.6 cm³/mol. The van der Waals surface area contributed by atoms with Crippen molar-refractivity contribution < 1.29 is 9.90 Å². The molecule has 1 aromatic carbocycles. The van der Waals surface area contributed by atoms with E-state index in [1.807, 2.05) is 6.92 Å². The van der Waals surface area contributed by atoms with Crippen molar-refractivity contribution in [2.45, 2.75) is 17.1 Å². The predicted octanol–water partition coefficient (Wildman–Crippen LogP) is 3.18. The van der Waals surface area contributed by atoms with Gasteiger partial charge in [0, 0.05) is 17.8 Å². The van der Waals surface area contributed by atoms with Gasteiger partial charge in [0.15, 0.2) is 5.16 Å². The van der Waals surface area contributed by atoms with Gasteiger partial charge in [-0.2, -0.15) is 0 Å². The first-order chi connectivity index (χ1) is 10.1. The molecule has 2 aromatic heterocycles. The van der Waals surface area contributed by atoms with Gasteiger partial charge in [-0.05, 0) is 48.5 Å². The van der Waals surface area contributed by atoms with E-state index >= 15 is 0 Å². The lowest BCUT2D eigenvalue weighted by Gasteiger charge is -2.04. The Morgan fingerprint density at radius 1 is 1.14 bits per heavy atom. The standard InChI is InChI=1S/C15H11N3O2S/c1-9-7-16-15(17-8-9)21-13-6-5-10-11(14(19)20)3-2-4-12(10)18-13/h2-8H,1H3,(H,19,20). The number of hydrogen-bond donors (Lipinski definition) is 1. The summed E-state index contributed by atoms with van der Waals surface area (Å²) in [5.41, 5.74) is 1.90. The van der Waals surface area contributed by atoms with Crippen molar-refractivity contribution in [3.05, 3.63) is 53.9 Å². The van der Waals surface area contributed by atoms with Gasteiger partial charge >= 0.3 is 5.97 Å². The van der Waals surface area contributed by atoms with Gasteiger partial charge in [-0.25, -0.2) is 19.7 Å². The van der Waals surface area contributed by atoms with E-state index in [1.54, 1.807) is 42.7 Å². The summed E-state index contributed by atoms with van der Waals surface area (Å²) in [6, 6.07) is 8.60. The zero-order chi connectivity index (χ0) is 14.8. The number of aromatic nitrogens is 3. The smallest absolute Gasteiger partial charge is 0.336 e. The third-order valence-electron chi connectivity index (χ3n) is 2.89. The summed E-state index contributed by atoms with van der Waals surface area (Å²) in [7, 11) is 0. The fourth-order valence-corrected chi connectivity index (χ4v) is 2.58. The Morgan fingerprint density at radius 3 is 2.62 bits per heavy atom. The first-order valence-corrected chi connectivity index (χ1v) is 7.05. The summed E-state index contributed by atoms with van der Waals surface area (Å²) in [6.45, 7) is 1.93. The van der Waals surface area contributed by atoms with E-state index in [4.69, 9.17) is 5.11 Å². The van der Waals surface area contributed by atoms with Crippen LogP contribution in [0.1, 0.15) is 15.9 Å². The summed E-state index contributed by atoms with van der Waals surface area (Å²) < 4.78 is 0. The number of pyridine rings is 1. The maximum atomic E-state index is 11.2. The quantitative estimate of drug-likeness (QED) is 0.748. The second-order valence-electron chi connectivity index (χ2n) is 4.47. The molecular formula is C15H11N3O2S. The minimum atomic E-state index is -0.954. The second-order valence-corrected chi connectivity index (χ2v) is 5.46. The van der Waals surface area contributed by atoms with Gasteiger partial charge in [0.05, 0.1) is 11.1 Å². The summed E-state index contributed by atoms with van der Waals surface area (Å²) in [6.07, 6.45) is 3.50. The Bertz CT molecular complexity index is 819. The van der Waals surface area contributed by atoms with Crippen molar-refractivity contribution in [2.24, 2.45) is 0 Å². The number of carboxylic acid groups (broad SMARTS) is 1. The molecule has 0 radical (unpaired) electrons. The Hall–Kier alpha value is -2.47. The Kier molecular flexibility index (Phi) is 3.53. The first kappa shape index (κ1) is 13.5. The molecule has 0 aliphatic heterocycles. The fourth-order valence-electron chi connectivity index (χ4n) is 1.91. The lowest BCUT2D eigenvalue weighted by molar-refractivity contribution is 0.0699. The highest BCUT2D eigenvalue weighted by atomic mass is 32.2. The van der Waals surface area contributed by atoms with E-state index in [9.17, 15) is 4.79 Å². The van der Waals surface area contributed by atoms with Crippen LogP contribution < -0.4 is 0 Å². The van der Waals surface area contributed by atoms with Gasteiger partial charge in [0.1, 0.15) is 5.03 Å². The van der Waals surface area contributed by atoms with Crippen LogP contribution in [0.25, 0.3) is 10.9 Å². The van der Waals surface area contributed by atoms with Crippen LogP contribution in [0.5, 0.6) is 0 Å². The summed E-state index contributed by atoms with van der Waals surface area (Å²) in [5, 5.41) is 11.1. The Balaban J connectivity index is 1.98. The molecule has 5 nitrogen and oxygen atoms in total. The number of nitrogens with zero attached hydrogens (tertiary/aromatic N) is 3. The molecule has 0 amide bonds. The van der Waals surface area contributed by atoms with E-state index in [-0.39, 0.29) is 5.56 Å². The molecule has 0 fully saturated rings. The third-order valence-corrected chi connectivity index (χ3v) is 3.72. The third kappa shape index (κ3) is 2.85. The monoisotopic (exact) mass is 297 g/mol. The molecule has 0 spiro atoms. The fraction of sp³-hybridized carbons (Fsp3) is 0.0667. The highest BCUT2D eigenvalue weighted by molar-refractivity contribution is 7.99.